The number of aromatic amines is 1. The van der Waals surface area contributed by atoms with Gasteiger partial charge in [0.15, 0.2) is 0 Å². The molecule has 1 aliphatic heterocycles. The van der Waals surface area contributed by atoms with Crippen LogP contribution < -0.4 is 10.5 Å². The highest BCUT2D eigenvalue weighted by Crippen LogP contribution is 2.22. The average molecular weight is 356 g/mol. The molecular weight excluding hydrogens is 332 g/mol. The number of rotatable bonds is 3. The van der Waals surface area contributed by atoms with Crippen molar-refractivity contribution in [2.45, 2.75) is 20.8 Å². The highest BCUT2D eigenvalue weighted by atomic mass is 16.6. The standard InChI is InChI=1S/C19H24N4O3/c1-4-26-19(25)23-11-9-22(10-12-23)16-7-5-15(6-8-16)17-20-14(3)13(2)18(24)21-17/h5-8H,4,9-12H2,1-3H3,(H,20,21,24). The SMILES string of the molecule is CCOC(=O)N1CCN(c2ccc(-c3nc(C)c(C)c(=O)[nH]3)cc2)CC1. The van der Waals surface area contributed by atoms with Gasteiger partial charge in [-0.1, -0.05) is 0 Å². The third-order valence-electron chi connectivity index (χ3n) is 4.71. The molecule has 0 atom stereocenters. The van der Waals surface area contributed by atoms with E-state index < -0.39 is 0 Å². The maximum absolute atomic E-state index is 11.9. The number of amides is 1. The summed E-state index contributed by atoms with van der Waals surface area (Å²) in [7, 11) is 0. The van der Waals surface area contributed by atoms with Gasteiger partial charge in [-0.3, -0.25) is 4.79 Å². The molecule has 0 spiro atoms. The Hall–Kier alpha value is -2.83. The van der Waals surface area contributed by atoms with Crippen molar-refractivity contribution in [3.05, 3.63) is 45.9 Å². The first-order valence-electron chi connectivity index (χ1n) is 8.84. The van der Waals surface area contributed by atoms with E-state index in [0.29, 0.717) is 31.1 Å². The molecule has 138 valence electrons. The number of nitrogens with zero attached hydrogens (tertiary/aromatic N) is 3. The molecular formula is C19H24N4O3. The minimum Gasteiger partial charge on any atom is -0.450 e. The summed E-state index contributed by atoms with van der Waals surface area (Å²) >= 11 is 0. The molecule has 7 heteroatoms. The molecule has 0 aliphatic carbocycles. The van der Waals surface area contributed by atoms with E-state index in [-0.39, 0.29) is 11.7 Å². The van der Waals surface area contributed by atoms with Gasteiger partial charge in [-0.15, -0.1) is 0 Å². The second-order valence-electron chi connectivity index (χ2n) is 6.34. The Bertz CT molecular complexity index is 837. The van der Waals surface area contributed by atoms with Gasteiger partial charge >= 0.3 is 6.09 Å². The fourth-order valence-corrected chi connectivity index (χ4v) is 2.97. The summed E-state index contributed by atoms with van der Waals surface area (Å²) in [6, 6.07) is 7.95. The molecule has 0 unspecified atom stereocenters. The van der Waals surface area contributed by atoms with Crippen molar-refractivity contribution in [2.75, 3.05) is 37.7 Å². The highest BCUT2D eigenvalue weighted by Gasteiger charge is 2.22. The third-order valence-corrected chi connectivity index (χ3v) is 4.71. The molecule has 0 saturated carbocycles. The van der Waals surface area contributed by atoms with Gasteiger partial charge in [-0.25, -0.2) is 9.78 Å². The number of aryl methyl sites for hydroxylation is 1. The smallest absolute Gasteiger partial charge is 0.409 e. The minimum absolute atomic E-state index is 0.105. The fourth-order valence-electron chi connectivity index (χ4n) is 2.97. The first kappa shape index (κ1) is 18.0. The zero-order chi connectivity index (χ0) is 18.7. The van der Waals surface area contributed by atoms with Gasteiger partial charge in [-0.05, 0) is 45.0 Å². The predicted molar refractivity (Wildman–Crippen MR) is 101 cm³/mol. The van der Waals surface area contributed by atoms with E-state index in [1.807, 2.05) is 38.1 Å². The second kappa shape index (κ2) is 7.59. The number of ether oxygens (including phenoxy) is 1. The molecule has 1 N–H and O–H groups in total. The summed E-state index contributed by atoms with van der Waals surface area (Å²) in [4.78, 5) is 35.0. The maximum Gasteiger partial charge on any atom is 0.409 e. The molecule has 0 radical (unpaired) electrons. The zero-order valence-corrected chi connectivity index (χ0v) is 15.4. The summed E-state index contributed by atoms with van der Waals surface area (Å²) in [5.74, 6) is 0.580. The van der Waals surface area contributed by atoms with Crippen molar-refractivity contribution < 1.29 is 9.53 Å². The monoisotopic (exact) mass is 356 g/mol. The number of H-pyrrole nitrogens is 1. The van der Waals surface area contributed by atoms with Gasteiger partial charge in [0.1, 0.15) is 5.82 Å². The third kappa shape index (κ3) is 3.71. The lowest BCUT2D eigenvalue weighted by molar-refractivity contribution is 0.105. The largest absolute Gasteiger partial charge is 0.450 e. The van der Waals surface area contributed by atoms with E-state index in [9.17, 15) is 9.59 Å². The summed E-state index contributed by atoms with van der Waals surface area (Å²) in [6.07, 6.45) is -0.243. The van der Waals surface area contributed by atoms with Crippen LogP contribution in [0.5, 0.6) is 0 Å². The van der Waals surface area contributed by atoms with Gasteiger partial charge in [0.25, 0.3) is 5.56 Å². The van der Waals surface area contributed by atoms with Crippen LogP contribution in [0.3, 0.4) is 0 Å². The van der Waals surface area contributed by atoms with E-state index in [1.165, 1.54) is 0 Å². The summed E-state index contributed by atoms with van der Waals surface area (Å²) in [6.45, 7) is 8.63. The molecule has 3 rings (SSSR count). The second-order valence-corrected chi connectivity index (χ2v) is 6.34. The van der Waals surface area contributed by atoms with Gasteiger partial charge < -0.3 is 19.5 Å². The Morgan fingerprint density at radius 3 is 2.38 bits per heavy atom. The normalized spacial score (nSPS) is 14.4. The van der Waals surface area contributed by atoms with Crippen LogP contribution >= 0.6 is 0 Å². The number of piperazine rings is 1. The molecule has 7 nitrogen and oxygen atoms in total. The van der Waals surface area contributed by atoms with Gasteiger partial charge in [0.2, 0.25) is 0 Å². The number of aromatic nitrogens is 2. The van der Waals surface area contributed by atoms with Crippen LogP contribution in [0.2, 0.25) is 0 Å². The Morgan fingerprint density at radius 2 is 1.81 bits per heavy atom. The Labute approximate surface area is 152 Å². The molecule has 1 fully saturated rings. The van der Waals surface area contributed by atoms with Crippen molar-refractivity contribution in [1.82, 2.24) is 14.9 Å². The minimum atomic E-state index is -0.243. The number of benzene rings is 1. The van der Waals surface area contributed by atoms with Crippen LogP contribution in [0, 0.1) is 13.8 Å². The summed E-state index contributed by atoms with van der Waals surface area (Å²) < 4.78 is 5.05. The summed E-state index contributed by atoms with van der Waals surface area (Å²) in [5.41, 5.74) is 3.24. The Kier molecular flexibility index (Phi) is 5.25. The quantitative estimate of drug-likeness (QED) is 0.913. The van der Waals surface area contributed by atoms with Gasteiger partial charge in [0, 0.05) is 48.7 Å². The molecule has 2 heterocycles. The van der Waals surface area contributed by atoms with E-state index in [1.54, 1.807) is 11.8 Å². The van der Waals surface area contributed by atoms with Crippen molar-refractivity contribution in [3.63, 3.8) is 0 Å². The van der Waals surface area contributed by atoms with Crippen LogP contribution in [-0.4, -0.2) is 53.7 Å². The lowest BCUT2D eigenvalue weighted by atomic mass is 10.1. The fraction of sp³-hybridized carbons (Fsp3) is 0.421. The van der Waals surface area contributed by atoms with E-state index in [4.69, 9.17) is 4.74 Å². The van der Waals surface area contributed by atoms with Crippen molar-refractivity contribution in [1.29, 1.82) is 0 Å². The van der Waals surface area contributed by atoms with E-state index in [2.05, 4.69) is 14.9 Å². The van der Waals surface area contributed by atoms with E-state index >= 15 is 0 Å². The number of hydrogen-bond donors (Lipinski definition) is 1. The topological polar surface area (TPSA) is 78.5 Å². The maximum atomic E-state index is 11.9. The van der Waals surface area contributed by atoms with Crippen LogP contribution in [0.1, 0.15) is 18.2 Å². The Balaban J connectivity index is 1.69. The van der Waals surface area contributed by atoms with Crippen LogP contribution in [0.4, 0.5) is 10.5 Å². The number of anilines is 1. The molecule has 1 aromatic heterocycles. The van der Waals surface area contributed by atoms with E-state index in [0.717, 1.165) is 30.0 Å². The lowest BCUT2D eigenvalue weighted by Crippen LogP contribution is -2.49. The predicted octanol–water partition coefficient (Wildman–Crippen LogP) is 2.33. The van der Waals surface area contributed by atoms with Gasteiger partial charge in [0.05, 0.1) is 6.61 Å². The summed E-state index contributed by atoms with van der Waals surface area (Å²) in [5, 5.41) is 0. The average Bonchev–Trinajstić information content (AvgIpc) is 2.66. The molecule has 1 aliphatic rings. The molecule has 1 saturated heterocycles. The molecule has 1 amide bonds. The molecule has 1 aromatic carbocycles. The van der Waals surface area contributed by atoms with Crippen molar-refractivity contribution in [2.24, 2.45) is 0 Å². The number of carbonyl (C=O) groups excluding carboxylic acids is 1. The number of hydrogen-bond acceptors (Lipinski definition) is 5. The molecule has 2 aromatic rings. The lowest BCUT2D eigenvalue weighted by Gasteiger charge is -2.35. The van der Waals surface area contributed by atoms with Crippen molar-refractivity contribution in [3.8, 4) is 11.4 Å². The van der Waals surface area contributed by atoms with Crippen LogP contribution in [0.25, 0.3) is 11.4 Å². The first-order valence-corrected chi connectivity index (χ1v) is 8.84. The number of nitrogens with one attached hydrogen (secondary N) is 1. The first-order chi connectivity index (χ1) is 12.5. The highest BCUT2D eigenvalue weighted by molar-refractivity contribution is 5.68. The van der Waals surface area contributed by atoms with Crippen LogP contribution in [0.15, 0.2) is 29.1 Å². The molecule has 26 heavy (non-hydrogen) atoms. The number of carbonyl (C=O) groups is 1. The zero-order valence-electron chi connectivity index (χ0n) is 15.4. The van der Waals surface area contributed by atoms with Crippen molar-refractivity contribution >= 4 is 11.8 Å². The van der Waals surface area contributed by atoms with Crippen LogP contribution in [-0.2, 0) is 4.74 Å². The molecule has 0 bridgehead atoms. The van der Waals surface area contributed by atoms with Gasteiger partial charge in [-0.2, -0.15) is 0 Å². The Morgan fingerprint density at radius 1 is 1.15 bits per heavy atom.